The minimum atomic E-state index is 0.719. The average Bonchev–Trinajstić information content (AvgIpc) is 2.50. The van der Waals surface area contributed by atoms with Crippen molar-refractivity contribution in [2.24, 2.45) is 10.9 Å². The number of aliphatic imine (C=N–C) groups is 1. The van der Waals surface area contributed by atoms with Gasteiger partial charge in [0, 0.05) is 38.2 Å². The van der Waals surface area contributed by atoms with E-state index in [0.717, 1.165) is 29.4 Å². The summed E-state index contributed by atoms with van der Waals surface area (Å²) in [5, 5.41) is 3.53. The lowest BCUT2D eigenvalue weighted by atomic mass is 9.98. The Morgan fingerprint density at radius 3 is 2.77 bits per heavy atom. The van der Waals surface area contributed by atoms with Crippen molar-refractivity contribution in [3.05, 3.63) is 34.3 Å². The molecule has 1 atom stereocenters. The number of nitrogens with one attached hydrogen (secondary N) is 1. The van der Waals surface area contributed by atoms with Crippen molar-refractivity contribution in [1.82, 2.24) is 15.1 Å². The second kappa shape index (κ2) is 8.53. The van der Waals surface area contributed by atoms with E-state index in [0.29, 0.717) is 0 Å². The Morgan fingerprint density at radius 2 is 2.14 bits per heavy atom. The summed E-state index contributed by atoms with van der Waals surface area (Å²) in [6.45, 7) is 4.27. The number of piperidine rings is 1. The predicted molar refractivity (Wildman–Crippen MR) is 97.2 cm³/mol. The summed E-state index contributed by atoms with van der Waals surface area (Å²) in [6.07, 6.45) is 2.61. The quantitative estimate of drug-likeness (QED) is 0.656. The summed E-state index contributed by atoms with van der Waals surface area (Å²) in [7, 11) is 6.15. The van der Waals surface area contributed by atoms with Crippen molar-refractivity contribution < 1.29 is 0 Å². The molecule has 1 N–H and O–H groups in total. The Hall–Kier alpha value is -1.07. The molecule has 1 aromatic carbocycles. The van der Waals surface area contributed by atoms with Crippen molar-refractivity contribution in [2.45, 2.75) is 19.4 Å². The Bertz CT molecular complexity index is 486. The molecule has 1 aliphatic heterocycles. The van der Waals surface area contributed by atoms with Crippen LogP contribution in [-0.2, 0) is 6.54 Å². The smallest absolute Gasteiger partial charge is 0.193 e. The molecule has 1 fully saturated rings. The first-order valence-electron chi connectivity index (χ1n) is 7.93. The molecular formula is C17H27BrN4. The highest BCUT2D eigenvalue weighted by Crippen LogP contribution is 2.14. The third-order valence-corrected chi connectivity index (χ3v) is 4.71. The van der Waals surface area contributed by atoms with Crippen LogP contribution in [0.4, 0.5) is 0 Å². The summed E-state index contributed by atoms with van der Waals surface area (Å²) in [5.41, 5.74) is 1.28. The number of hydrogen-bond donors (Lipinski definition) is 1. The van der Waals surface area contributed by atoms with Crippen LogP contribution in [0.5, 0.6) is 0 Å². The number of halogens is 1. The van der Waals surface area contributed by atoms with Crippen LogP contribution in [0.2, 0.25) is 0 Å². The standard InChI is InChI=1S/C17H27BrN4/c1-19-17(20-11-15-5-4-10-21(2)12-15)22(3)13-14-6-8-16(18)9-7-14/h6-9,15H,4-5,10-13H2,1-3H3,(H,19,20). The molecule has 22 heavy (non-hydrogen) atoms. The van der Waals surface area contributed by atoms with E-state index in [2.05, 4.69) is 74.4 Å². The summed E-state index contributed by atoms with van der Waals surface area (Å²) >= 11 is 3.47. The second-order valence-electron chi connectivity index (χ2n) is 6.18. The fourth-order valence-corrected chi connectivity index (χ4v) is 3.26. The highest BCUT2D eigenvalue weighted by molar-refractivity contribution is 9.10. The van der Waals surface area contributed by atoms with Gasteiger partial charge in [0.1, 0.15) is 0 Å². The lowest BCUT2D eigenvalue weighted by molar-refractivity contribution is 0.209. The molecular weight excluding hydrogens is 340 g/mol. The number of benzene rings is 1. The van der Waals surface area contributed by atoms with Gasteiger partial charge in [-0.15, -0.1) is 0 Å². The molecule has 4 nitrogen and oxygen atoms in total. The molecule has 122 valence electrons. The molecule has 1 heterocycles. The molecule has 0 spiro atoms. The SMILES string of the molecule is CN=C(NCC1CCCN(C)C1)N(C)Cc1ccc(Br)cc1. The molecule has 0 saturated carbocycles. The minimum absolute atomic E-state index is 0.719. The van der Waals surface area contributed by atoms with Crippen molar-refractivity contribution in [3.63, 3.8) is 0 Å². The third kappa shape index (κ3) is 5.29. The Morgan fingerprint density at radius 1 is 1.41 bits per heavy atom. The maximum atomic E-state index is 4.41. The van der Waals surface area contributed by atoms with E-state index in [9.17, 15) is 0 Å². The number of likely N-dealkylation sites (tertiary alicyclic amines) is 1. The van der Waals surface area contributed by atoms with Gasteiger partial charge in [-0.05, 0) is 50.0 Å². The van der Waals surface area contributed by atoms with Gasteiger partial charge in [0.25, 0.3) is 0 Å². The molecule has 5 heteroatoms. The van der Waals surface area contributed by atoms with Gasteiger partial charge in [-0.3, -0.25) is 4.99 Å². The normalized spacial score (nSPS) is 20.0. The summed E-state index contributed by atoms with van der Waals surface area (Å²) < 4.78 is 1.11. The molecule has 1 saturated heterocycles. The molecule has 0 aromatic heterocycles. The lowest BCUT2D eigenvalue weighted by Gasteiger charge is -2.31. The van der Waals surface area contributed by atoms with Gasteiger partial charge in [-0.25, -0.2) is 0 Å². The summed E-state index contributed by atoms with van der Waals surface area (Å²) in [6, 6.07) is 8.45. The van der Waals surface area contributed by atoms with Gasteiger partial charge < -0.3 is 15.1 Å². The van der Waals surface area contributed by atoms with Gasteiger partial charge in [-0.1, -0.05) is 28.1 Å². The molecule has 0 aliphatic carbocycles. The maximum absolute atomic E-state index is 4.41. The van der Waals surface area contributed by atoms with E-state index < -0.39 is 0 Å². The molecule has 1 unspecified atom stereocenters. The average molecular weight is 367 g/mol. The van der Waals surface area contributed by atoms with Gasteiger partial charge in [-0.2, -0.15) is 0 Å². The Kier molecular flexibility index (Phi) is 6.70. The lowest BCUT2D eigenvalue weighted by Crippen LogP contribution is -2.44. The monoisotopic (exact) mass is 366 g/mol. The zero-order valence-corrected chi connectivity index (χ0v) is 15.4. The van der Waals surface area contributed by atoms with Crippen LogP contribution < -0.4 is 5.32 Å². The van der Waals surface area contributed by atoms with E-state index in [1.54, 1.807) is 0 Å². The predicted octanol–water partition coefficient (Wildman–Crippen LogP) is 2.80. The molecule has 0 radical (unpaired) electrons. The van der Waals surface area contributed by atoms with Gasteiger partial charge in [0.05, 0.1) is 0 Å². The van der Waals surface area contributed by atoms with E-state index in [1.807, 2.05) is 7.05 Å². The number of rotatable bonds is 4. The van der Waals surface area contributed by atoms with Crippen LogP contribution in [0.1, 0.15) is 18.4 Å². The van der Waals surface area contributed by atoms with Crippen molar-refractivity contribution in [3.8, 4) is 0 Å². The van der Waals surface area contributed by atoms with Gasteiger partial charge >= 0.3 is 0 Å². The van der Waals surface area contributed by atoms with Crippen LogP contribution in [0.25, 0.3) is 0 Å². The summed E-state index contributed by atoms with van der Waals surface area (Å²) in [4.78, 5) is 9.01. The van der Waals surface area contributed by atoms with Crippen LogP contribution >= 0.6 is 15.9 Å². The Balaban J connectivity index is 1.83. The van der Waals surface area contributed by atoms with Gasteiger partial charge in [0.2, 0.25) is 0 Å². The Labute approximate surface area is 142 Å². The van der Waals surface area contributed by atoms with Crippen molar-refractivity contribution in [1.29, 1.82) is 0 Å². The van der Waals surface area contributed by atoms with E-state index >= 15 is 0 Å². The minimum Gasteiger partial charge on any atom is -0.356 e. The second-order valence-corrected chi connectivity index (χ2v) is 7.10. The zero-order chi connectivity index (χ0) is 15.9. The number of hydrogen-bond acceptors (Lipinski definition) is 2. The molecule has 0 bridgehead atoms. The fraction of sp³-hybridized carbons (Fsp3) is 0.588. The molecule has 1 aliphatic rings. The van der Waals surface area contributed by atoms with Crippen molar-refractivity contribution >= 4 is 21.9 Å². The van der Waals surface area contributed by atoms with Crippen molar-refractivity contribution in [2.75, 3.05) is 40.8 Å². The fourth-order valence-electron chi connectivity index (χ4n) is 3.00. The topological polar surface area (TPSA) is 30.9 Å². The first-order chi connectivity index (χ1) is 10.6. The number of guanidine groups is 1. The molecule has 1 aromatic rings. The third-order valence-electron chi connectivity index (χ3n) is 4.18. The largest absolute Gasteiger partial charge is 0.356 e. The number of nitrogens with zero attached hydrogens (tertiary/aromatic N) is 3. The molecule has 0 amide bonds. The first kappa shape index (κ1) is 17.3. The van der Waals surface area contributed by atoms with Crippen LogP contribution in [0.3, 0.4) is 0 Å². The first-order valence-corrected chi connectivity index (χ1v) is 8.72. The molecule has 2 rings (SSSR count). The highest BCUT2D eigenvalue weighted by Gasteiger charge is 2.18. The highest BCUT2D eigenvalue weighted by atomic mass is 79.9. The summed E-state index contributed by atoms with van der Waals surface area (Å²) in [5.74, 6) is 1.69. The van der Waals surface area contributed by atoms with Crippen LogP contribution in [-0.4, -0.2) is 56.5 Å². The van der Waals surface area contributed by atoms with E-state index in [1.165, 1.54) is 31.5 Å². The van der Waals surface area contributed by atoms with Crippen LogP contribution in [0.15, 0.2) is 33.7 Å². The van der Waals surface area contributed by atoms with Gasteiger partial charge in [0.15, 0.2) is 5.96 Å². The zero-order valence-electron chi connectivity index (χ0n) is 13.8. The van der Waals surface area contributed by atoms with E-state index in [-0.39, 0.29) is 0 Å². The maximum Gasteiger partial charge on any atom is 0.193 e. The van der Waals surface area contributed by atoms with Crippen LogP contribution in [0, 0.1) is 5.92 Å². The van der Waals surface area contributed by atoms with E-state index in [4.69, 9.17) is 0 Å².